The van der Waals surface area contributed by atoms with Gasteiger partial charge in [0, 0.05) is 62.0 Å². The molecular weight excluding hydrogens is 266 g/mol. The average molecular weight is 289 g/mol. The fraction of sp³-hybridized carbons (Fsp3) is 0.625. The molecule has 4 heteroatoms. The van der Waals surface area contributed by atoms with E-state index in [9.17, 15) is 0 Å². The lowest BCUT2D eigenvalue weighted by Gasteiger charge is -2.47. The molecule has 4 rings (SSSR count). The molecule has 3 heterocycles. The Bertz CT molecular complexity index is 442. The number of nitrogens with one attached hydrogen (secondary N) is 1. The van der Waals surface area contributed by atoms with Crippen LogP contribution in [-0.2, 0) is 6.42 Å². The first-order valence-electron chi connectivity index (χ1n) is 7.80. The van der Waals surface area contributed by atoms with Crippen LogP contribution in [-0.4, -0.2) is 66.9 Å². The Balaban J connectivity index is 1.25. The summed E-state index contributed by atoms with van der Waals surface area (Å²) in [4.78, 5) is 6.83. The third kappa shape index (κ3) is 2.62. The first kappa shape index (κ1) is 13.1. The van der Waals surface area contributed by atoms with Gasteiger partial charge in [0.25, 0.3) is 0 Å². The molecule has 1 N–H and O–H groups in total. The highest BCUT2D eigenvalue weighted by Gasteiger charge is 2.34. The number of piperazine rings is 1. The molecule has 0 saturated carbocycles. The Kier molecular flexibility index (Phi) is 3.73. The fourth-order valence-electron chi connectivity index (χ4n) is 3.61. The molecule has 1 atom stereocenters. The van der Waals surface area contributed by atoms with Gasteiger partial charge in [-0.05, 0) is 18.1 Å². The maximum atomic E-state index is 3.44. The normalized spacial score (nSPS) is 28.3. The summed E-state index contributed by atoms with van der Waals surface area (Å²) in [6.45, 7) is 8.65. The second-order valence-electron chi connectivity index (χ2n) is 6.21. The summed E-state index contributed by atoms with van der Waals surface area (Å²) in [6, 6.07) is 9.73. The SMILES string of the molecule is c1ccc2c(c1)CC(CN1CC(N3CCNCC3)C1)S2. The van der Waals surface area contributed by atoms with Crippen molar-refractivity contribution >= 4 is 11.8 Å². The van der Waals surface area contributed by atoms with E-state index in [1.54, 1.807) is 5.56 Å². The van der Waals surface area contributed by atoms with Gasteiger partial charge in [-0.2, -0.15) is 0 Å². The van der Waals surface area contributed by atoms with Crippen molar-refractivity contribution < 1.29 is 0 Å². The van der Waals surface area contributed by atoms with E-state index >= 15 is 0 Å². The Morgan fingerprint density at radius 3 is 2.75 bits per heavy atom. The maximum absolute atomic E-state index is 3.44. The van der Waals surface area contributed by atoms with Crippen LogP contribution in [0.25, 0.3) is 0 Å². The molecule has 1 unspecified atom stereocenters. The van der Waals surface area contributed by atoms with Gasteiger partial charge in [-0.25, -0.2) is 0 Å². The third-order valence-electron chi connectivity index (χ3n) is 4.78. The molecule has 20 heavy (non-hydrogen) atoms. The first-order valence-corrected chi connectivity index (χ1v) is 8.68. The van der Waals surface area contributed by atoms with Crippen molar-refractivity contribution in [2.24, 2.45) is 0 Å². The molecule has 1 aromatic carbocycles. The van der Waals surface area contributed by atoms with Gasteiger partial charge in [-0.1, -0.05) is 18.2 Å². The number of likely N-dealkylation sites (tertiary alicyclic amines) is 1. The minimum atomic E-state index is 0.774. The van der Waals surface area contributed by atoms with E-state index in [4.69, 9.17) is 0 Å². The average Bonchev–Trinajstić information content (AvgIpc) is 2.86. The molecule has 108 valence electrons. The molecule has 3 aliphatic rings. The molecule has 3 aliphatic heterocycles. The van der Waals surface area contributed by atoms with Crippen LogP contribution in [0, 0.1) is 0 Å². The summed E-state index contributed by atoms with van der Waals surface area (Å²) in [5.74, 6) is 0. The summed E-state index contributed by atoms with van der Waals surface area (Å²) < 4.78 is 0. The molecule has 2 saturated heterocycles. The van der Waals surface area contributed by atoms with Crippen LogP contribution in [0.1, 0.15) is 5.56 Å². The number of thioether (sulfide) groups is 1. The minimum absolute atomic E-state index is 0.774. The highest BCUT2D eigenvalue weighted by Crippen LogP contribution is 2.37. The van der Waals surface area contributed by atoms with Gasteiger partial charge < -0.3 is 5.32 Å². The van der Waals surface area contributed by atoms with Gasteiger partial charge >= 0.3 is 0 Å². The summed E-state index contributed by atoms with van der Waals surface area (Å²) >= 11 is 2.09. The lowest BCUT2D eigenvalue weighted by molar-refractivity contribution is 0.0279. The van der Waals surface area contributed by atoms with E-state index in [-0.39, 0.29) is 0 Å². The van der Waals surface area contributed by atoms with Crippen LogP contribution in [0.5, 0.6) is 0 Å². The fourth-order valence-corrected chi connectivity index (χ4v) is 4.98. The largest absolute Gasteiger partial charge is 0.314 e. The second kappa shape index (κ2) is 5.68. The van der Waals surface area contributed by atoms with Crippen molar-refractivity contribution in [2.45, 2.75) is 22.6 Å². The Hall–Kier alpha value is -0.550. The topological polar surface area (TPSA) is 18.5 Å². The van der Waals surface area contributed by atoms with Gasteiger partial charge in [0.2, 0.25) is 0 Å². The molecule has 0 bridgehead atoms. The smallest absolute Gasteiger partial charge is 0.0351 e. The van der Waals surface area contributed by atoms with E-state index in [2.05, 4.69) is 51.1 Å². The van der Waals surface area contributed by atoms with Crippen molar-refractivity contribution in [2.75, 3.05) is 45.8 Å². The van der Waals surface area contributed by atoms with Crippen molar-refractivity contribution in [3.8, 4) is 0 Å². The van der Waals surface area contributed by atoms with Gasteiger partial charge in [-0.15, -0.1) is 11.8 Å². The van der Waals surface area contributed by atoms with Crippen LogP contribution in [0.15, 0.2) is 29.2 Å². The molecule has 0 aromatic heterocycles. The number of benzene rings is 1. The quantitative estimate of drug-likeness (QED) is 0.903. The van der Waals surface area contributed by atoms with Crippen LogP contribution in [0.4, 0.5) is 0 Å². The van der Waals surface area contributed by atoms with E-state index < -0.39 is 0 Å². The van der Waals surface area contributed by atoms with E-state index in [0.29, 0.717) is 0 Å². The van der Waals surface area contributed by atoms with Crippen molar-refractivity contribution in [3.05, 3.63) is 29.8 Å². The highest BCUT2D eigenvalue weighted by atomic mass is 32.2. The van der Waals surface area contributed by atoms with E-state index in [0.717, 1.165) is 11.3 Å². The molecule has 0 spiro atoms. The summed E-state index contributed by atoms with van der Waals surface area (Å²) in [6.07, 6.45) is 1.26. The number of hydrogen-bond acceptors (Lipinski definition) is 4. The molecular formula is C16H23N3S. The zero-order valence-electron chi connectivity index (χ0n) is 11.9. The third-order valence-corrected chi connectivity index (χ3v) is 6.08. The maximum Gasteiger partial charge on any atom is 0.0351 e. The predicted molar refractivity (Wildman–Crippen MR) is 84.5 cm³/mol. The van der Waals surface area contributed by atoms with Crippen LogP contribution < -0.4 is 5.32 Å². The van der Waals surface area contributed by atoms with Crippen molar-refractivity contribution in [1.82, 2.24) is 15.1 Å². The molecule has 0 amide bonds. The van der Waals surface area contributed by atoms with Crippen LogP contribution >= 0.6 is 11.8 Å². The Morgan fingerprint density at radius 2 is 1.95 bits per heavy atom. The van der Waals surface area contributed by atoms with Crippen LogP contribution in [0.2, 0.25) is 0 Å². The van der Waals surface area contributed by atoms with Crippen LogP contribution in [0.3, 0.4) is 0 Å². The second-order valence-corrected chi connectivity index (χ2v) is 7.55. The number of hydrogen-bond donors (Lipinski definition) is 1. The van der Waals surface area contributed by atoms with Gasteiger partial charge in [0.15, 0.2) is 0 Å². The van der Waals surface area contributed by atoms with Gasteiger partial charge in [0.1, 0.15) is 0 Å². The van der Waals surface area contributed by atoms with E-state index in [1.807, 2.05) is 0 Å². The molecule has 0 radical (unpaired) electrons. The molecule has 0 aliphatic carbocycles. The summed E-state index contributed by atoms with van der Waals surface area (Å²) in [5, 5.41) is 4.21. The number of fused-ring (bicyclic) bond motifs is 1. The molecule has 3 nitrogen and oxygen atoms in total. The lowest BCUT2D eigenvalue weighted by Crippen LogP contribution is -2.63. The van der Waals surface area contributed by atoms with Gasteiger partial charge in [-0.3, -0.25) is 9.80 Å². The Morgan fingerprint density at radius 1 is 1.15 bits per heavy atom. The molecule has 1 aromatic rings. The zero-order valence-corrected chi connectivity index (χ0v) is 12.7. The Labute approximate surface area is 125 Å². The lowest BCUT2D eigenvalue weighted by atomic mass is 10.0. The van der Waals surface area contributed by atoms with Gasteiger partial charge in [0.05, 0.1) is 0 Å². The van der Waals surface area contributed by atoms with Crippen molar-refractivity contribution in [1.29, 1.82) is 0 Å². The van der Waals surface area contributed by atoms with E-state index in [1.165, 1.54) is 57.1 Å². The monoisotopic (exact) mass is 289 g/mol. The number of rotatable bonds is 3. The van der Waals surface area contributed by atoms with Crippen molar-refractivity contribution in [3.63, 3.8) is 0 Å². The molecule has 2 fully saturated rings. The summed E-state index contributed by atoms with van der Waals surface area (Å²) in [5.41, 5.74) is 1.56. The predicted octanol–water partition coefficient (Wildman–Crippen LogP) is 1.29. The number of nitrogens with zero attached hydrogens (tertiary/aromatic N) is 2. The zero-order chi connectivity index (χ0) is 13.4. The standard InChI is InChI=1S/C16H23N3S/c1-2-4-16-13(3-1)9-15(20-16)12-18-10-14(11-18)19-7-5-17-6-8-19/h1-4,14-15,17H,5-12H2. The minimum Gasteiger partial charge on any atom is -0.314 e. The first-order chi connectivity index (χ1) is 9.88. The highest BCUT2D eigenvalue weighted by molar-refractivity contribution is 8.00. The summed E-state index contributed by atoms with van der Waals surface area (Å²) in [7, 11) is 0.